The molecular formula is C39H42K6N8O11. The SMILES string of the molecule is C.CCOC(=O)c1c(N)[nH]c2cc(-c3c(C)noc3C)c(OC)cc12.COc1cc2c(cc1-c1c(C)noc1C)[nH]c1nc(C(=O)O)[nH]c(=O)c12.[C-]#[N+]C(=O)OCC.[K][K].[K][K].[K][K]. The number of esters is 1. The number of ether oxygens (including phenoxy) is 4. The number of carboxylic acid groups (broad SMARTS) is 1. The van der Waals surface area contributed by atoms with E-state index < -0.39 is 29.4 Å². The second kappa shape index (κ2) is 33.0. The van der Waals surface area contributed by atoms with Crippen LogP contribution in [0.15, 0.2) is 38.1 Å². The number of methoxy groups -OCH3 is 2. The number of nitrogens with one attached hydrogen (secondary N) is 3. The summed E-state index contributed by atoms with van der Waals surface area (Å²) in [4.78, 5) is 60.2. The zero-order valence-electron chi connectivity index (χ0n) is 38.1. The second-order valence-electron chi connectivity index (χ2n) is 12.1. The van der Waals surface area contributed by atoms with Crippen molar-refractivity contribution in [1.82, 2.24) is 30.2 Å². The number of nitrogen functional groups attached to an aromatic ring is 1. The van der Waals surface area contributed by atoms with Gasteiger partial charge >= 0.3 is 207 Å². The van der Waals surface area contributed by atoms with Crippen molar-refractivity contribution in [2.75, 3.05) is 33.2 Å². The van der Waals surface area contributed by atoms with Gasteiger partial charge in [-0.05, 0) is 65.8 Å². The number of carbonyl (C=O) groups excluding carboxylic acids is 2. The summed E-state index contributed by atoms with van der Waals surface area (Å²) in [6.45, 7) is 17.4. The molecule has 1 amide bonds. The van der Waals surface area contributed by atoms with Crippen LogP contribution in [0.4, 0.5) is 10.6 Å². The minimum atomic E-state index is -1.31. The first-order valence-corrected chi connectivity index (χ1v) is 68.1. The summed E-state index contributed by atoms with van der Waals surface area (Å²) in [5.74, 6) is 0.532. The van der Waals surface area contributed by atoms with E-state index in [1.807, 2.05) is 32.9 Å². The molecular weight excluding hydrogens is 991 g/mol. The molecule has 0 fully saturated rings. The second-order valence-corrected chi connectivity index (χ2v) is 12.1. The van der Waals surface area contributed by atoms with E-state index in [1.54, 1.807) is 40.0 Å². The molecule has 0 atom stereocenters. The molecule has 0 bridgehead atoms. The van der Waals surface area contributed by atoms with Gasteiger partial charge in [0.15, 0.2) is 0 Å². The monoisotopic (exact) mass is 1030 g/mol. The normalized spacial score (nSPS) is 9.86. The zero-order valence-corrected chi connectivity index (χ0v) is 56.9. The van der Waals surface area contributed by atoms with Crippen LogP contribution in [0.5, 0.6) is 11.5 Å². The molecule has 0 aliphatic heterocycles. The molecule has 5 heterocycles. The predicted octanol–water partition coefficient (Wildman–Crippen LogP) is 5.00. The first-order valence-electron chi connectivity index (χ1n) is 20.1. The molecule has 2 aromatic carbocycles. The van der Waals surface area contributed by atoms with E-state index in [1.165, 1.54) is 197 Å². The number of hydrogen-bond donors (Lipinski definition) is 5. The molecule has 0 unspecified atom stereocenters. The standard InChI is InChI=1S/C17H14N4O5.C17H19N3O4.C4H5NO2.CH4.6K/c1-6-12(7(2)26-21-6)9-4-10-8(5-11(9)25-3)13-14(18-10)19-15(17(23)24)20-16(13)22;1-5-23-17(21)15-10-7-13(22-4)11(6-12(10)19-16(15)18)14-8(2)20-24-9(14)3;1-3-7-4(6)5-2;;;;;;;/h4-5H,1-3H3,(H,23,24)(H2,18,19,20,22);6-7,19H,5,18H2,1-4H3;3H2,1H3;1H4;;;;;;. The Morgan fingerprint density at radius 1 is 0.781 bits per heavy atom. The summed E-state index contributed by atoms with van der Waals surface area (Å²) in [6.07, 6.45) is -0.831. The predicted molar refractivity (Wildman–Crippen MR) is 248 cm³/mol. The van der Waals surface area contributed by atoms with Gasteiger partial charge in [0.05, 0.1) is 55.3 Å². The van der Waals surface area contributed by atoms with Crippen molar-refractivity contribution in [2.45, 2.75) is 49.0 Å². The van der Waals surface area contributed by atoms with E-state index in [9.17, 15) is 19.2 Å². The Morgan fingerprint density at radius 2 is 1.25 bits per heavy atom. The molecule has 310 valence electrons. The number of hydrogen-bond acceptors (Lipinski definition) is 14. The van der Waals surface area contributed by atoms with E-state index in [2.05, 4.69) is 39.8 Å². The number of benzene rings is 2. The molecule has 19 nitrogen and oxygen atoms in total. The van der Waals surface area contributed by atoms with Gasteiger partial charge in [0.1, 0.15) is 46.6 Å². The van der Waals surface area contributed by atoms with Gasteiger partial charge in [0, 0.05) is 32.9 Å². The third-order valence-corrected chi connectivity index (χ3v) is 8.58. The van der Waals surface area contributed by atoms with Crippen LogP contribution in [0.1, 0.15) is 65.2 Å². The first-order chi connectivity index (χ1) is 30.2. The minimum absolute atomic E-state index is 0. The van der Waals surface area contributed by atoms with Crippen molar-refractivity contribution in [2.24, 2.45) is 0 Å². The van der Waals surface area contributed by atoms with Gasteiger partial charge in [-0.2, -0.15) is 4.85 Å². The van der Waals surface area contributed by atoms with Crippen LogP contribution in [0, 0.1) is 34.3 Å². The van der Waals surface area contributed by atoms with Crippen LogP contribution in [0.3, 0.4) is 0 Å². The van der Waals surface area contributed by atoms with Crippen molar-refractivity contribution in [3.63, 3.8) is 0 Å². The van der Waals surface area contributed by atoms with E-state index in [0.29, 0.717) is 56.1 Å². The van der Waals surface area contributed by atoms with Crippen molar-refractivity contribution in [3.05, 3.63) is 80.3 Å². The number of amides is 1. The molecule has 7 aromatic rings. The fourth-order valence-corrected chi connectivity index (χ4v) is 6.22. The molecule has 0 aliphatic rings. The number of fused-ring (bicyclic) bond motifs is 4. The third kappa shape index (κ3) is 16.6. The topological polar surface area (TPSA) is 268 Å². The molecule has 0 spiro atoms. The molecule has 0 saturated carbocycles. The number of carbonyl (C=O) groups is 3. The summed E-state index contributed by atoms with van der Waals surface area (Å²) < 4.78 is 30.8. The fourth-order valence-electron chi connectivity index (χ4n) is 6.22. The number of carboxylic acids is 1. The van der Waals surface area contributed by atoms with Crippen LogP contribution in [0.2, 0.25) is 0 Å². The van der Waals surface area contributed by atoms with Crippen molar-refractivity contribution in [3.8, 4) is 33.8 Å². The van der Waals surface area contributed by atoms with E-state index in [0.717, 1.165) is 27.9 Å². The van der Waals surface area contributed by atoms with Gasteiger partial charge in [-0.15, -0.1) is 0 Å². The Labute approximate surface area is 504 Å². The number of H-pyrrole nitrogens is 3. The van der Waals surface area contributed by atoms with E-state index in [-0.39, 0.29) is 37.5 Å². The van der Waals surface area contributed by atoms with Crippen LogP contribution in [-0.4, -0.2) is 270 Å². The average Bonchev–Trinajstić information content (AvgIpc) is 4.02. The van der Waals surface area contributed by atoms with Crippen molar-refractivity contribution >= 4 is 246 Å². The molecule has 64 heavy (non-hydrogen) atoms. The molecule has 6 N–H and O–H groups in total. The Balaban J connectivity index is 0.000000501. The summed E-state index contributed by atoms with van der Waals surface area (Å²) in [7, 11) is 3.10. The molecule has 25 heteroatoms. The summed E-state index contributed by atoms with van der Waals surface area (Å²) in [5, 5.41) is 18.5. The molecule has 0 radical (unpaired) electrons. The Hall–Kier alpha value is 2.20. The van der Waals surface area contributed by atoms with Gasteiger partial charge in [0.2, 0.25) is 5.82 Å². The molecule has 0 saturated heterocycles. The molecule has 5 aromatic heterocycles. The molecule has 7 rings (SSSR count). The maximum absolute atomic E-state index is 12.4. The zero-order chi connectivity index (χ0) is 47.7. The van der Waals surface area contributed by atoms with Crippen LogP contribution < -0.4 is 20.8 Å². The Morgan fingerprint density at radius 3 is 1.64 bits per heavy atom. The quantitative estimate of drug-likeness (QED) is 0.0761. The molecule has 0 aliphatic carbocycles. The number of anilines is 1. The fraction of sp³-hybridized carbons (Fsp3) is 0.282. The van der Waals surface area contributed by atoms with Gasteiger partial charge < -0.3 is 53.8 Å². The number of aromatic carboxylic acids is 1. The summed E-state index contributed by atoms with van der Waals surface area (Å²) in [5.41, 5.74) is 12.0. The third-order valence-electron chi connectivity index (χ3n) is 8.58. The maximum atomic E-state index is 12.4. The average molecular weight is 1030 g/mol. The van der Waals surface area contributed by atoms with Crippen molar-refractivity contribution in [1.29, 1.82) is 0 Å². The van der Waals surface area contributed by atoms with Crippen LogP contribution in [0.25, 0.3) is 59.9 Å². The number of aromatic amines is 3. The number of rotatable bonds is 8. The number of aryl methyl sites for hydroxylation is 4. The van der Waals surface area contributed by atoms with Gasteiger partial charge in [0.25, 0.3) is 5.56 Å². The van der Waals surface area contributed by atoms with Crippen molar-refractivity contribution < 1.29 is 47.5 Å². The van der Waals surface area contributed by atoms with E-state index in [4.69, 9.17) is 40.7 Å². The Kier molecular flexibility index (Phi) is 33.1. The van der Waals surface area contributed by atoms with Gasteiger partial charge in [-0.25, -0.2) is 14.6 Å². The number of nitrogens with zero attached hydrogens (tertiary/aromatic N) is 4. The van der Waals surface area contributed by atoms with Gasteiger partial charge in [-0.3, -0.25) is 9.59 Å². The van der Waals surface area contributed by atoms with Crippen LogP contribution >= 0.6 is 0 Å². The van der Waals surface area contributed by atoms with Crippen LogP contribution in [-0.2, 0) is 9.47 Å². The van der Waals surface area contributed by atoms with E-state index >= 15 is 0 Å². The summed E-state index contributed by atoms with van der Waals surface area (Å²) >= 11 is 7.50. The first kappa shape index (κ1) is 64.2. The van der Waals surface area contributed by atoms with Gasteiger partial charge in [-0.1, -0.05) is 17.7 Å². The number of nitrogens with two attached hydrogens (primary N) is 1. The number of aromatic nitrogens is 6. The summed E-state index contributed by atoms with van der Waals surface area (Å²) in [6, 6.07) is 7.17. The Bertz CT molecular complexity index is 2750.